The summed E-state index contributed by atoms with van der Waals surface area (Å²) in [6.45, 7) is 2.74. The van der Waals surface area contributed by atoms with Crippen LogP contribution in [0, 0.1) is 0 Å². The lowest BCUT2D eigenvalue weighted by molar-refractivity contribution is -0.122. The monoisotopic (exact) mass is 220 g/mol. The van der Waals surface area contributed by atoms with E-state index >= 15 is 0 Å². The molecule has 0 aliphatic rings. The van der Waals surface area contributed by atoms with Gasteiger partial charge in [0.05, 0.1) is 6.04 Å². The highest BCUT2D eigenvalue weighted by atomic mass is 16.2. The van der Waals surface area contributed by atoms with Crippen molar-refractivity contribution in [1.82, 2.24) is 10.6 Å². The second-order valence-electron chi connectivity index (χ2n) is 3.88. The molecule has 3 nitrogen and oxygen atoms in total. The van der Waals surface area contributed by atoms with Gasteiger partial charge < -0.3 is 10.6 Å². The molecule has 0 aliphatic heterocycles. The summed E-state index contributed by atoms with van der Waals surface area (Å²) >= 11 is 0. The zero-order chi connectivity index (χ0) is 11.8. The van der Waals surface area contributed by atoms with E-state index in [1.165, 1.54) is 5.56 Å². The van der Waals surface area contributed by atoms with Crippen molar-refractivity contribution in [1.29, 1.82) is 0 Å². The van der Waals surface area contributed by atoms with E-state index < -0.39 is 0 Å². The fraction of sp³-hybridized carbons (Fsp3) is 0.462. The molecule has 88 valence electrons. The van der Waals surface area contributed by atoms with Crippen molar-refractivity contribution >= 4 is 5.91 Å². The number of benzene rings is 1. The molecule has 0 saturated heterocycles. The number of carbonyl (C=O) groups excluding carboxylic acids is 1. The first-order valence-corrected chi connectivity index (χ1v) is 5.73. The Morgan fingerprint density at radius 2 is 2.00 bits per heavy atom. The van der Waals surface area contributed by atoms with Crippen LogP contribution in [-0.4, -0.2) is 25.5 Å². The number of carbonyl (C=O) groups is 1. The molecule has 0 radical (unpaired) electrons. The third-order valence-corrected chi connectivity index (χ3v) is 2.58. The van der Waals surface area contributed by atoms with E-state index in [4.69, 9.17) is 0 Å². The van der Waals surface area contributed by atoms with Gasteiger partial charge in [-0.05, 0) is 31.9 Å². The van der Waals surface area contributed by atoms with Crippen LogP contribution in [-0.2, 0) is 11.2 Å². The summed E-state index contributed by atoms with van der Waals surface area (Å²) in [5, 5.41) is 5.81. The van der Waals surface area contributed by atoms with Crippen molar-refractivity contribution in [2.75, 3.05) is 13.6 Å². The summed E-state index contributed by atoms with van der Waals surface area (Å²) in [5.41, 5.74) is 1.34. The number of nitrogens with one attached hydrogen (secondary N) is 2. The maximum atomic E-state index is 11.2. The first-order chi connectivity index (χ1) is 7.74. The molecule has 0 heterocycles. The van der Waals surface area contributed by atoms with Crippen LogP contribution in [0.5, 0.6) is 0 Å². The smallest absolute Gasteiger partial charge is 0.236 e. The predicted octanol–water partition coefficient (Wildman–Crippen LogP) is 1.34. The van der Waals surface area contributed by atoms with Gasteiger partial charge in [-0.25, -0.2) is 0 Å². The van der Waals surface area contributed by atoms with E-state index in [-0.39, 0.29) is 11.9 Å². The van der Waals surface area contributed by atoms with E-state index in [1.807, 2.05) is 13.0 Å². The SMILES string of the molecule is CNC(=O)C(C)NCCCc1ccccc1. The number of rotatable bonds is 6. The summed E-state index contributed by atoms with van der Waals surface area (Å²) in [6.07, 6.45) is 2.10. The molecule has 1 atom stereocenters. The van der Waals surface area contributed by atoms with Crippen molar-refractivity contribution in [3.05, 3.63) is 35.9 Å². The first-order valence-electron chi connectivity index (χ1n) is 5.73. The number of amides is 1. The Morgan fingerprint density at radius 1 is 1.31 bits per heavy atom. The van der Waals surface area contributed by atoms with Gasteiger partial charge >= 0.3 is 0 Å². The minimum absolute atomic E-state index is 0.0414. The summed E-state index contributed by atoms with van der Waals surface area (Å²) in [4.78, 5) is 11.2. The maximum absolute atomic E-state index is 11.2. The van der Waals surface area contributed by atoms with Gasteiger partial charge in [0.25, 0.3) is 0 Å². The van der Waals surface area contributed by atoms with Crippen LogP contribution < -0.4 is 10.6 Å². The van der Waals surface area contributed by atoms with Crippen LogP contribution in [0.1, 0.15) is 18.9 Å². The Hall–Kier alpha value is -1.35. The molecule has 16 heavy (non-hydrogen) atoms. The molecule has 0 fully saturated rings. The van der Waals surface area contributed by atoms with Crippen molar-refractivity contribution in [2.24, 2.45) is 0 Å². The third kappa shape index (κ3) is 4.45. The van der Waals surface area contributed by atoms with Crippen LogP contribution in [0.3, 0.4) is 0 Å². The van der Waals surface area contributed by atoms with E-state index in [0.29, 0.717) is 0 Å². The highest BCUT2D eigenvalue weighted by Crippen LogP contribution is 2.01. The summed E-state index contributed by atoms with van der Waals surface area (Å²) in [7, 11) is 1.66. The molecule has 0 bridgehead atoms. The Balaban J connectivity index is 2.15. The molecule has 2 N–H and O–H groups in total. The number of likely N-dealkylation sites (N-methyl/N-ethyl adjacent to an activating group) is 1. The minimum Gasteiger partial charge on any atom is -0.358 e. The Labute approximate surface area is 97.2 Å². The molecule has 1 rings (SSSR count). The molecular formula is C13H20N2O. The predicted molar refractivity (Wildman–Crippen MR) is 66.3 cm³/mol. The second kappa shape index (κ2) is 7.01. The zero-order valence-corrected chi connectivity index (χ0v) is 9.99. The summed E-state index contributed by atoms with van der Waals surface area (Å²) in [6, 6.07) is 10.3. The van der Waals surface area contributed by atoms with Gasteiger partial charge in [-0.15, -0.1) is 0 Å². The van der Waals surface area contributed by atoms with Crippen LogP contribution >= 0.6 is 0 Å². The largest absolute Gasteiger partial charge is 0.358 e. The third-order valence-electron chi connectivity index (χ3n) is 2.58. The molecule has 1 aromatic carbocycles. The summed E-state index contributed by atoms with van der Waals surface area (Å²) in [5.74, 6) is 0.0414. The molecule has 1 aromatic rings. The van der Waals surface area contributed by atoms with Gasteiger partial charge in [0.1, 0.15) is 0 Å². The van der Waals surface area contributed by atoms with Gasteiger partial charge in [-0.2, -0.15) is 0 Å². The molecule has 0 aliphatic carbocycles. The van der Waals surface area contributed by atoms with Crippen LogP contribution in [0.25, 0.3) is 0 Å². The molecule has 1 unspecified atom stereocenters. The van der Waals surface area contributed by atoms with E-state index in [2.05, 4.69) is 34.9 Å². The minimum atomic E-state index is -0.110. The zero-order valence-electron chi connectivity index (χ0n) is 9.99. The van der Waals surface area contributed by atoms with Crippen molar-refractivity contribution < 1.29 is 4.79 Å². The van der Waals surface area contributed by atoms with Gasteiger partial charge in [-0.1, -0.05) is 30.3 Å². The molecule has 3 heteroatoms. The highest BCUT2D eigenvalue weighted by Gasteiger charge is 2.08. The number of aryl methyl sites for hydroxylation is 1. The van der Waals surface area contributed by atoms with Crippen molar-refractivity contribution in [2.45, 2.75) is 25.8 Å². The Bertz CT molecular complexity index is 311. The van der Waals surface area contributed by atoms with E-state index in [0.717, 1.165) is 19.4 Å². The molecule has 0 spiro atoms. The van der Waals surface area contributed by atoms with Gasteiger partial charge in [-0.3, -0.25) is 4.79 Å². The van der Waals surface area contributed by atoms with E-state index in [9.17, 15) is 4.79 Å². The number of hydrogen-bond acceptors (Lipinski definition) is 2. The number of hydrogen-bond donors (Lipinski definition) is 2. The maximum Gasteiger partial charge on any atom is 0.236 e. The Morgan fingerprint density at radius 3 is 2.62 bits per heavy atom. The molecular weight excluding hydrogens is 200 g/mol. The second-order valence-corrected chi connectivity index (χ2v) is 3.88. The summed E-state index contributed by atoms with van der Waals surface area (Å²) < 4.78 is 0. The fourth-order valence-corrected chi connectivity index (χ4v) is 1.56. The van der Waals surface area contributed by atoms with Crippen molar-refractivity contribution in [3.8, 4) is 0 Å². The molecule has 1 amide bonds. The quantitative estimate of drug-likeness (QED) is 0.710. The standard InChI is InChI=1S/C13H20N2O/c1-11(13(16)14-2)15-10-6-9-12-7-4-3-5-8-12/h3-5,7-8,11,15H,6,9-10H2,1-2H3,(H,14,16). The lowest BCUT2D eigenvalue weighted by Crippen LogP contribution is -2.41. The van der Waals surface area contributed by atoms with Gasteiger partial charge in [0, 0.05) is 7.05 Å². The van der Waals surface area contributed by atoms with Gasteiger partial charge in [0.2, 0.25) is 5.91 Å². The topological polar surface area (TPSA) is 41.1 Å². The average Bonchev–Trinajstić information content (AvgIpc) is 2.34. The van der Waals surface area contributed by atoms with Gasteiger partial charge in [0.15, 0.2) is 0 Å². The van der Waals surface area contributed by atoms with Crippen LogP contribution in [0.15, 0.2) is 30.3 Å². The van der Waals surface area contributed by atoms with Crippen LogP contribution in [0.4, 0.5) is 0 Å². The lowest BCUT2D eigenvalue weighted by Gasteiger charge is -2.11. The normalized spacial score (nSPS) is 12.1. The first kappa shape index (κ1) is 12.7. The van der Waals surface area contributed by atoms with E-state index in [1.54, 1.807) is 7.05 Å². The average molecular weight is 220 g/mol. The fourth-order valence-electron chi connectivity index (χ4n) is 1.56. The molecule has 0 aromatic heterocycles. The van der Waals surface area contributed by atoms with Crippen LogP contribution in [0.2, 0.25) is 0 Å². The lowest BCUT2D eigenvalue weighted by atomic mass is 10.1. The molecule has 0 saturated carbocycles. The Kier molecular flexibility index (Phi) is 5.57. The van der Waals surface area contributed by atoms with Crippen molar-refractivity contribution in [3.63, 3.8) is 0 Å². The highest BCUT2D eigenvalue weighted by molar-refractivity contribution is 5.80.